The van der Waals surface area contributed by atoms with Crippen molar-refractivity contribution in [2.24, 2.45) is 0 Å². The van der Waals surface area contributed by atoms with Crippen LogP contribution in [-0.4, -0.2) is 91.8 Å². The maximum Gasteiger partial charge on any atom is 0.341 e. The van der Waals surface area contributed by atoms with Crippen molar-refractivity contribution < 1.29 is 66.3 Å². The molecule has 1 fully saturated rings. The highest BCUT2D eigenvalue weighted by Gasteiger charge is 2.52. The summed E-state index contributed by atoms with van der Waals surface area (Å²) in [5, 5.41) is 16.5. The molecule has 0 unspecified atom stereocenters. The molecule has 1 N–H and O–H groups in total. The van der Waals surface area contributed by atoms with Crippen LogP contribution in [0.15, 0.2) is 23.3 Å². The molecule has 17 nitrogen and oxygen atoms in total. The summed E-state index contributed by atoms with van der Waals surface area (Å²) in [6.07, 6.45) is -5.26. The van der Waals surface area contributed by atoms with Crippen molar-refractivity contribution in [1.82, 2.24) is 19.6 Å². The second-order valence-corrected chi connectivity index (χ2v) is 10.4. The van der Waals surface area contributed by atoms with E-state index in [1.807, 2.05) is 0 Å². The highest BCUT2D eigenvalue weighted by atomic mass is 19.1. The van der Waals surface area contributed by atoms with E-state index in [4.69, 9.17) is 28.4 Å². The molecule has 0 spiro atoms. The van der Waals surface area contributed by atoms with Gasteiger partial charge in [-0.2, -0.15) is 0 Å². The van der Waals surface area contributed by atoms with E-state index in [2.05, 4.69) is 10.3 Å². The number of carboxylic acid groups (broad SMARTS) is 1. The Morgan fingerprint density at radius 2 is 1.56 bits per heavy atom. The summed E-state index contributed by atoms with van der Waals surface area (Å²) in [7, 11) is 0. The number of halogens is 2. The molecule has 5 atom stereocenters. The molecule has 0 radical (unpaired) electrons. The van der Waals surface area contributed by atoms with Gasteiger partial charge in [0.15, 0.2) is 36.2 Å². The molecule has 2 aromatic heterocycles. The van der Waals surface area contributed by atoms with Crippen molar-refractivity contribution in [3.63, 3.8) is 0 Å². The first kappa shape index (κ1) is 35.6. The van der Waals surface area contributed by atoms with E-state index < -0.39 is 107 Å². The fourth-order valence-corrected chi connectivity index (χ4v) is 5.05. The van der Waals surface area contributed by atoms with E-state index in [0.717, 1.165) is 49.3 Å². The van der Waals surface area contributed by atoms with Gasteiger partial charge in [0.05, 0.1) is 23.7 Å². The number of aromatic carboxylic acids is 1. The van der Waals surface area contributed by atoms with Crippen LogP contribution in [0.25, 0.3) is 16.6 Å². The fourth-order valence-electron chi connectivity index (χ4n) is 5.05. The van der Waals surface area contributed by atoms with Gasteiger partial charge in [-0.1, -0.05) is 5.21 Å². The minimum Gasteiger partial charge on any atom is -0.477 e. The highest BCUT2D eigenvalue weighted by molar-refractivity contribution is 5.93. The van der Waals surface area contributed by atoms with Gasteiger partial charge in [-0.25, -0.2) is 18.3 Å². The van der Waals surface area contributed by atoms with Gasteiger partial charge in [0.2, 0.25) is 5.43 Å². The van der Waals surface area contributed by atoms with Crippen LogP contribution < -0.4 is 5.43 Å². The zero-order valence-corrected chi connectivity index (χ0v) is 26.1. The summed E-state index contributed by atoms with van der Waals surface area (Å²) in [5.41, 5.74) is -2.90. The Morgan fingerprint density at radius 1 is 0.938 bits per heavy atom. The minimum atomic E-state index is -1.56. The topological polar surface area (TPSA) is 214 Å². The molecule has 0 saturated carbocycles. The molecule has 48 heavy (non-hydrogen) atoms. The number of aryl methyl sites for hydroxylation is 1. The summed E-state index contributed by atoms with van der Waals surface area (Å²) in [5.74, 6) is -7.28. The number of benzene rings is 1. The monoisotopic (exact) mass is 680 g/mol. The van der Waals surface area contributed by atoms with Gasteiger partial charge in [-0.05, 0) is 13.0 Å². The molecule has 0 aliphatic carbocycles. The molecule has 3 heterocycles. The first-order valence-electron chi connectivity index (χ1n) is 14.2. The van der Waals surface area contributed by atoms with Gasteiger partial charge < -0.3 is 38.1 Å². The maximum atomic E-state index is 15.8. The van der Waals surface area contributed by atoms with Crippen molar-refractivity contribution in [1.29, 1.82) is 0 Å². The van der Waals surface area contributed by atoms with Gasteiger partial charge in [0.1, 0.15) is 29.7 Å². The summed E-state index contributed by atoms with van der Waals surface area (Å²) in [4.78, 5) is 71.7. The number of nitrogens with zero attached hydrogens (tertiary/aromatic N) is 4. The first-order valence-corrected chi connectivity index (χ1v) is 14.2. The second-order valence-electron chi connectivity index (χ2n) is 10.4. The quantitative estimate of drug-likeness (QED) is 0.222. The lowest BCUT2D eigenvalue weighted by Crippen LogP contribution is -2.62. The lowest BCUT2D eigenvalue weighted by atomic mass is 9.98. The SMILES string of the molecule is CCn1cc(C(=O)O)c(=O)c2cc(F)c(-n3cc(CO[C@H]4O[C@H](COC(C)=O)[C@@H](OC(C)=O)[C@H](OC(C)=O)[C@@H]4OC(C)=O)nn3)c(F)c21. The Kier molecular flexibility index (Phi) is 10.8. The van der Waals surface area contributed by atoms with Crippen molar-refractivity contribution >= 4 is 40.7 Å². The smallest absolute Gasteiger partial charge is 0.341 e. The van der Waals surface area contributed by atoms with E-state index in [1.54, 1.807) is 6.92 Å². The lowest BCUT2D eigenvalue weighted by Gasteiger charge is -2.43. The van der Waals surface area contributed by atoms with Gasteiger partial charge in [-0.3, -0.25) is 24.0 Å². The van der Waals surface area contributed by atoms with Crippen molar-refractivity contribution in [2.45, 2.75) is 78.5 Å². The molecule has 1 aromatic carbocycles. The van der Waals surface area contributed by atoms with Crippen molar-refractivity contribution in [3.05, 3.63) is 51.6 Å². The summed E-state index contributed by atoms with van der Waals surface area (Å²) < 4.78 is 65.6. The average molecular weight is 681 g/mol. The second kappa shape index (κ2) is 14.6. The minimum absolute atomic E-state index is 0.0332. The van der Waals surface area contributed by atoms with E-state index >= 15 is 8.78 Å². The van der Waals surface area contributed by atoms with Crippen LogP contribution in [0.1, 0.15) is 50.7 Å². The van der Waals surface area contributed by atoms with Crippen molar-refractivity contribution in [3.8, 4) is 5.69 Å². The number of hydrogen-bond acceptors (Lipinski definition) is 14. The Bertz CT molecular complexity index is 1820. The molecule has 1 aliphatic rings. The summed E-state index contributed by atoms with van der Waals surface area (Å²) >= 11 is 0. The number of aromatic nitrogens is 4. The third-order valence-corrected chi connectivity index (χ3v) is 6.91. The third kappa shape index (κ3) is 7.63. The van der Waals surface area contributed by atoms with Gasteiger partial charge >= 0.3 is 29.8 Å². The number of esters is 4. The average Bonchev–Trinajstić information content (AvgIpc) is 3.45. The predicted octanol–water partition coefficient (Wildman–Crippen LogP) is 1.18. The zero-order valence-electron chi connectivity index (χ0n) is 26.1. The van der Waals surface area contributed by atoms with Crippen LogP contribution in [0.5, 0.6) is 0 Å². The molecule has 1 aliphatic heterocycles. The molecule has 19 heteroatoms. The molecular weight excluding hydrogens is 650 g/mol. The van der Waals surface area contributed by atoms with Crippen LogP contribution in [0.4, 0.5) is 8.78 Å². The lowest BCUT2D eigenvalue weighted by molar-refractivity contribution is -0.310. The number of rotatable bonds is 11. The molecular formula is C29H30F2N4O13. The third-order valence-electron chi connectivity index (χ3n) is 6.91. The van der Waals surface area contributed by atoms with E-state index in [0.29, 0.717) is 6.07 Å². The summed E-state index contributed by atoms with van der Waals surface area (Å²) in [6, 6.07) is 0.698. The van der Waals surface area contributed by atoms with Crippen molar-refractivity contribution in [2.75, 3.05) is 6.61 Å². The number of carbonyl (C=O) groups is 5. The van der Waals surface area contributed by atoms with E-state index in [1.165, 1.54) is 0 Å². The van der Waals surface area contributed by atoms with Gasteiger partial charge in [-0.15, -0.1) is 5.10 Å². The number of carboxylic acids is 1. The number of pyridine rings is 1. The molecule has 1 saturated heterocycles. The Morgan fingerprint density at radius 3 is 2.15 bits per heavy atom. The summed E-state index contributed by atoms with van der Waals surface area (Å²) in [6.45, 7) is 4.88. The van der Waals surface area contributed by atoms with Crippen LogP contribution >= 0.6 is 0 Å². The molecule has 4 rings (SSSR count). The van der Waals surface area contributed by atoms with Gasteiger partial charge in [0, 0.05) is 40.4 Å². The molecule has 0 amide bonds. The normalized spacial score (nSPS) is 20.6. The Balaban J connectivity index is 1.68. The van der Waals surface area contributed by atoms with E-state index in [9.17, 15) is 33.9 Å². The number of ether oxygens (including phenoxy) is 6. The molecule has 258 valence electrons. The Hall–Kier alpha value is -5.30. The fraction of sp³-hybridized carbons (Fsp3) is 0.448. The highest BCUT2D eigenvalue weighted by Crippen LogP contribution is 2.31. The largest absolute Gasteiger partial charge is 0.477 e. The number of hydrogen-bond donors (Lipinski definition) is 1. The standard InChI is InChI=1S/C29H30F2N4O13/c1-6-34-9-18(28(41)42)24(40)17-7-19(30)23(21(31)22(17)34)35-8-16(32-33-35)10-44-29-27(47-15(5)39)26(46-14(4)38)25(45-13(3)37)20(48-29)11-43-12(2)36/h7-9,20,25-27,29H,6,10-11H2,1-5H3,(H,41,42)/t20-,25-,26+,27+,29+/m1/s1. The number of carbonyl (C=O) groups excluding carboxylic acids is 4. The van der Waals surface area contributed by atoms with E-state index in [-0.39, 0.29) is 17.8 Å². The predicted molar refractivity (Wildman–Crippen MR) is 152 cm³/mol. The van der Waals surface area contributed by atoms with Crippen LogP contribution in [0, 0.1) is 11.6 Å². The number of fused-ring (bicyclic) bond motifs is 1. The molecule has 3 aromatic rings. The van der Waals surface area contributed by atoms with Crippen LogP contribution in [0.3, 0.4) is 0 Å². The maximum absolute atomic E-state index is 15.8. The molecule has 0 bridgehead atoms. The van der Waals surface area contributed by atoms with Crippen LogP contribution in [-0.2, 0) is 60.8 Å². The Labute approximate surface area is 269 Å². The zero-order chi connectivity index (χ0) is 35.4. The van der Waals surface area contributed by atoms with Gasteiger partial charge in [0.25, 0.3) is 0 Å². The van der Waals surface area contributed by atoms with Crippen LogP contribution in [0.2, 0.25) is 0 Å². The first-order chi connectivity index (χ1) is 22.6.